The van der Waals surface area contributed by atoms with Crippen LogP contribution in [0.3, 0.4) is 0 Å². The summed E-state index contributed by atoms with van der Waals surface area (Å²) in [5, 5.41) is 18.9. The van der Waals surface area contributed by atoms with Crippen molar-refractivity contribution in [1.82, 2.24) is 0 Å². The molecule has 3 rings (SSSR count). The van der Waals surface area contributed by atoms with E-state index in [1.54, 1.807) is 60.7 Å². The largest absolute Gasteiger partial charge is 0.457 e. The summed E-state index contributed by atoms with van der Waals surface area (Å²) < 4.78 is 11.0. The fraction of sp³-hybridized carbons (Fsp3) is 0.0455. The summed E-state index contributed by atoms with van der Waals surface area (Å²) in [6.07, 6.45) is 0. The number of benzene rings is 3. The summed E-state index contributed by atoms with van der Waals surface area (Å²) >= 11 is 6.05. The van der Waals surface area contributed by atoms with Crippen molar-refractivity contribution < 1.29 is 14.3 Å². The minimum Gasteiger partial charge on any atom is -0.457 e. The van der Waals surface area contributed by atoms with Crippen molar-refractivity contribution in [3.63, 3.8) is 0 Å². The van der Waals surface area contributed by atoms with Crippen LogP contribution in [-0.4, -0.2) is 5.97 Å². The van der Waals surface area contributed by atoms with Crippen molar-refractivity contribution in [3.8, 4) is 23.6 Å². The van der Waals surface area contributed by atoms with Crippen molar-refractivity contribution in [3.05, 3.63) is 94.0 Å². The van der Waals surface area contributed by atoms with Crippen LogP contribution in [-0.2, 0) is 11.3 Å². The van der Waals surface area contributed by atoms with Crippen LogP contribution < -0.4 is 4.74 Å². The molecule has 0 spiro atoms. The van der Waals surface area contributed by atoms with E-state index in [2.05, 4.69) is 0 Å². The number of nitriles is 2. The van der Waals surface area contributed by atoms with E-state index in [1.165, 1.54) is 0 Å². The van der Waals surface area contributed by atoms with Crippen LogP contribution >= 0.6 is 11.6 Å². The zero-order valence-electron chi connectivity index (χ0n) is 14.6. The van der Waals surface area contributed by atoms with Crippen LogP contribution in [0.25, 0.3) is 0 Å². The highest BCUT2D eigenvalue weighted by molar-refractivity contribution is 6.31. The van der Waals surface area contributed by atoms with Crippen LogP contribution in [0.15, 0.2) is 66.7 Å². The Kier molecular flexibility index (Phi) is 5.91. The Morgan fingerprint density at radius 3 is 2.36 bits per heavy atom. The Hall–Kier alpha value is -3.80. The first-order chi connectivity index (χ1) is 13.6. The fourth-order valence-corrected chi connectivity index (χ4v) is 2.64. The Morgan fingerprint density at radius 2 is 1.68 bits per heavy atom. The number of rotatable bonds is 5. The SMILES string of the molecule is N#Cc1cccc(Oc2ccc(C(=O)OCc3ccccc3Cl)cc2)c1C#N. The molecule has 0 aliphatic rings. The van der Waals surface area contributed by atoms with Crippen LogP contribution in [0.5, 0.6) is 11.5 Å². The third-order valence-electron chi connectivity index (χ3n) is 3.89. The van der Waals surface area contributed by atoms with E-state index in [0.29, 0.717) is 16.3 Å². The molecule has 0 atom stereocenters. The molecule has 0 saturated carbocycles. The predicted molar refractivity (Wildman–Crippen MR) is 103 cm³/mol. The van der Waals surface area contributed by atoms with E-state index in [-0.39, 0.29) is 23.5 Å². The molecule has 6 heteroatoms. The van der Waals surface area contributed by atoms with Crippen molar-refractivity contribution in [1.29, 1.82) is 10.5 Å². The standard InChI is InChI=1S/C22H13ClN2O3/c23-20-6-2-1-4-17(20)14-27-22(26)15-8-10-18(11-9-15)28-21-7-3-5-16(12-24)19(21)13-25/h1-11H,14H2. The summed E-state index contributed by atoms with van der Waals surface area (Å²) in [4.78, 5) is 12.2. The zero-order chi connectivity index (χ0) is 19.9. The molecule has 0 unspecified atom stereocenters. The van der Waals surface area contributed by atoms with Gasteiger partial charge in [0.25, 0.3) is 0 Å². The van der Waals surface area contributed by atoms with Crippen molar-refractivity contribution in [2.75, 3.05) is 0 Å². The second kappa shape index (κ2) is 8.73. The van der Waals surface area contributed by atoms with E-state index in [0.717, 1.165) is 5.56 Å². The third-order valence-corrected chi connectivity index (χ3v) is 4.26. The number of halogens is 1. The first-order valence-electron chi connectivity index (χ1n) is 8.24. The van der Waals surface area contributed by atoms with Crippen LogP contribution in [0.2, 0.25) is 5.02 Å². The molecule has 3 aromatic rings. The maximum absolute atomic E-state index is 12.2. The number of hydrogen-bond acceptors (Lipinski definition) is 5. The van der Waals surface area contributed by atoms with Gasteiger partial charge >= 0.3 is 5.97 Å². The summed E-state index contributed by atoms with van der Waals surface area (Å²) in [6.45, 7) is 0.0727. The molecule has 0 bridgehead atoms. The Labute approximate surface area is 166 Å². The van der Waals surface area contributed by atoms with Crippen molar-refractivity contribution in [2.45, 2.75) is 6.61 Å². The minimum absolute atomic E-state index is 0.0727. The van der Waals surface area contributed by atoms with Gasteiger partial charge in [-0.3, -0.25) is 0 Å². The minimum atomic E-state index is -0.490. The van der Waals surface area contributed by atoms with Crippen LogP contribution in [0, 0.1) is 22.7 Å². The highest BCUT2D eigenvalue weighted by atomic mass is 35.5. The molecule has 136 valence electrons. The molecular formula is C22H13ClN2O3. The van der Waals surface area contributed by atoms with Crippen LogP contribution in [0.1, 0.15) is 27.0 Å². The quantitative estimate of drug-likeness (QED) is 0.558. The van der Waals surface area contributed by atoms with E-state index in [9.17, 15) is 10.1 Å². The van der Waals surface area contributed by atoms with E-state index >= 15 is 0 Å². The lowest BCUT2D eigenvalue weighted by atomic mass is 10.1. The molecule has 0 radical (unpaired) electrons. The number of nitrogens with zero attached hydrogens (tertiary/aromatic N) is 2. The lowest BCUT2D eigenvalue weighted by molar-refractivity contribution is 0.0473. The van der Waals surface area contributed by atoms with E-state index in [4.69, 9.17) is 26.3 Å². The molecule has 28 heavy (non-hydrogen) atoms. The molecule has 0 saturated heterocycles. The normalized spacial score (nSPS) is 9.82. The summed E-state index contributed by atoms with van der Waals surface area (Å²) in [6, 6.07) is 22.1. The lowest BCUT2D eigenvalue weighted by Gasteiger charge is -2.09. The number of carbonyl (C=O) groups is 1. The van der Waals surface area contributed by atoms with Gasteiger partial charge in [-0.25, -0.2) is 4.79 Å². The lowest BCUT2D eigenvalue weighted by Crippen LogP contribution is -2.05. The Balaban J connectivity index is 1.69. The maximum Gasteiger partial charge on any atom is 0.338 e. The first-order valence-corrected chi connectivity index (χ1v) is 8.62. The summed E-state index contributed by atoms with van der Waals surface area (Å²) in [5.74, 6) is 0.209. The third kappa shape index (κ3) is 4.29. The van der Waals surface area contributed by atoms with Gasteiger partial charge < -0.3 is 9.47 Å². The molecular weight excluding hydrogens is 376 g/mol. The second-order valence-electron chi connectivity index (χ2n) is 5.70. The zero-order valence-corrected chi connectivity index (χ0v) is 15.3. The van der Waals surface area contributed by atoms with Gasteiger partial charge in [0.1, 0.15) is 35.8 Å². The average Bonchev–Trinajstić information content (AvgIpc) is 2.73. The number of carbonyl (C=O) groups excluding carboxylic acids is 1. The second-order valence-corrected chi connectivity index (χ2v) is 6.10. The van der Waals surface area contributed by atoms with E-state index < -0.39 is 5.97 Å². The Bertz CT molecular complexity index is 1100. The monoisotopic (exact) mass is 388 g/mol. The molecule has 0 aromatic heterocycles. The maximum atomic E-state index is 12.2. The number of hydrogen-bond donors (Lipinski definition) is 0. The van der Waals surface area contributed by atoms with Gasteiger partial charge in [-0.15, -0.1) is 0 Å². The first kappa shape index (κ1) is 19.0. The molecule has 0 fully saturated rings. The van der Waals surface area contributed by atoms with Gasteiger partial charge in [-0.1, -0.05) is 35.9 Å². The van der Waals surface area contributed by atoms with Gasteiger partial charge in [0.05, 0.1) is 11.1 Å². The number of ether oxygens (including phenoxy) is 2. The Morgan fingerprint density at radius 1 is 0.929 bits per heavy atom. The summed E-state index contributed by atoms with van der Waals surface area (Å²) in [7, 11) is 0. The highest BCUT2D eigenvalue weighted by Gasteiger charge is 2.12. The van der Waals surface area contributed by atoms with Gasteiger partial charge in [0.15, 0.2) is 0 Å². The van der Waals surface area contributed by atoms with Crippen molar-refractivity contribution in [2.24, 2.45) is 0 Å². The smallest absolute Gasteiger partial charge is 0.338 e. The molecule has 0 N–H and O–H groups in total. The predicted octanol–water partition coefficient (Wildman–Crippen LogP) is 5.23. The van der Waals surface area contributed by atoms with Gasteiger partial charge in [0.2, 0.25) is 0 Å². The average molecular weight is 389 g/mol. The summed E-state index contributed by atoms with van der Waals surface area (Å²) in [5.41, 5.74) is 1.47. The van der Waals surface area contributed by atoms with Gasteiger partial charge in [-0.05, 0) is 42.5 Å². The fourth-order valence-electron chi connectivity index (χ4n) is 2.45. The highest BCUT2D eigenvalue weighted by Crippen LogP contribution is 2.27. The molecule has 0 aliphatic heterocycles. The van der Waals surface area contributed by atoms with Crippen LogP contribution in [0.4, 0.5) is 0 Å². The molecule has 0 amide bonds. The topological polar surface area (TPSA) is 83.1 Å². The molecule has 5 nitrogen and oxygen atoms in total. The van der Waals surface area contributed by atoms with Gasteiger partial charge in [0, 0.05) is 10.6 Å². The molecule has 0 aliphatic carbocycles. The van der Waals surface area contributed by atoms with E-state index in [1.807, 2.05) is 18.2 Å². The molecule has 3 aromatic carbocycles. The number of esters is 1. The molecule has 0 heterocycles. The van der Waals surface area contributed by atoms with Crippen molar-refractivity contribution >= 4 is 17.6 Å². The van der Waals surface area contributed by atoms with Gasteiger partial charge in [-0.2, -0.15) is 10.5 Å².